The maximum Gasteiger partial charge on any atom is 0.245 e. The quantitative estimate of drug-likeness (QED) is 0.796. The normalized spacial score (nSPS) is 12.5. The van der Waals surface area contributed by atoms with Crippen molar-refractivity contribution < 1.29 is 4.79 Å². The van der Waals surface area contributed by atoms with Crippen LogP contribution >= 0.6 is 0 Å². The van der Waals surface area contributed by atoms with E-state index in [0.717, 1.165) is 16.6 Å². The molecule has 1 unspecified atom stereocenters. The summed E-state index contributed by atoms with van der Waals surface area (Å²) >= 11 is 0. The smallest absolute Gasteiger partial charge is 0.245 e. The minimum Gasteiger partial charge on any atom is -0.340 e. The van der Waals surface area contributed by atoms with Crippen LogP contribution in [0.4, 0.5) is 0 Å². The second kappa shape index (κ2) is 5.40. The van der Waals surface area contributed by atoms with Gasteiger partial charge in [-0.15, -0.1) is 0 Å². The first kappa shape index (κ1) is 13.4. The van der Waals surface area contributed by atoms with E-state index in [1.54, 1.807) is 30.7 Å². The van der Waals surface area contributed by atoms with E-state index in [4.69, 9.17) is 0 Å². The van der Waals surface area contributed by atoms with Crippen molar-refractivity contribution in [2.45, 2.75) is 19.5 Å². The fraction of sp³-hybridized carbons (Fsp3) is 0.267. The highest BCUT2D eigenvalue weighted by molar-refractivity contribution is 5.83. The predicted molar refractivity (Wildman–Crippen MR) is 79.5 cm³/mol. The minimum atomic E-state index is -0.297. The summed E-state index contributed by atoms with van der Waals surface area (Å²) in [4.78, 5) is 18.6. The fourth-order valence-electron chi connectivity index (χ4n) is 2.44. The molecule has 0 radical (unpaired) electrons. The molecule has 1 amide bonds. The zero-order valence-electron chi connectivity index (χ0n) is 12.0. The Hall–Kier alpha value is -2.63. The number of nitrogens with zero attached hydrogens (tertiary/aromatic N) is 4. The van der Waals surface area contributed by atoms with Crippen LogP contribution in [0.5, 0.6) is 0 Å². The maximum atomic E-state index is 12.6. The van der Waals surface area contributed by atoms with Crippen molar-refractivity contribution in [1.82, 2.24) is 24.6 Å². The Morgan fingerprint density at radius 3 is 3.00 bits per heavy atom. The second-order valence-corrected chi connectivity index (χ2v) is 5.12. The molecule has 108 valence electrons. The number of benzene rings is 1. The van der Waals surface area contributed by atoms with Crippen molar-refractivity contribution >= 4 is 16.9 Å². The van der Waals surface area contributed by atoms with Crippen LogP contribution in [0.1, 0.15) is 18.5 Å². The number of aromatic nitrogens is 4. The summed E-state index contributed by atoms with van der Waals surface area (Å²) in [6, 6.07) is 7.51. The molecule has 0 aliphatic rings. The maximum absolute atomic E-state index is 12.6. The number of amides is 1. The first-order chi connectivity index (χ1) is 10.2. The molecule has 0 saturated heterocycles. The van der Waals surface area contributed by atoms with Gasteiger partial charge in [0.05, 0.1) is 23.6 Å². The number of imidazole rings is 1. The third-order valence-corrected chi connectivity index (χ3v) is 3.61. The van der Waals surface area contributed by atoms with Crippen LogP contribution in [-0.2, 0) is 11.3 Å². The van der Waals surface area contributed by atoms with E-state index in [2.05, 4.69) is 15.2 Å². The molecule has 6 nitrogen and oxygen atoms in total. The van der Waals surface area contributed by atoms with Gasteiger partial charge in [0.25, 0.3) is 0 Å². The first-order valence-corrected chi connectivity index (χ1v) is 6.81. The number of H-pyrrole nitrogens is 1. The second-order valence-electron chi connectivity index (χ2n) is 5.12. The van der Waals surface area contributed by atoms with Gasteiger partial charge in [-0.1, -0.05) is 12.1 Å². The molecule has 2 heterocycles. The van der Waals surface area contributed by atoms with Crippen LogP contribution in [0, 0.1) is 0 Å². The first-order valence-electron chi connectivity index (χ1n) is 6.81. The van der Waals surface area contributed by atoms with Gasteiger partial charge in [0.2, 0.25) is 5.91 Å². The fourth-order valence-corrected chi connectivity index (χ4v) is 2.44. The molecule has 2 aromatic heterocycles. The molecule has 1 atom stereocenters. The number of carbonyl (C=O) groups is 1. The van der Waals surface area contributed by atoms with Gasteiger partial charge in [0.15, 0.2) is 0 Å². The van der Waals surface area contributed by atoms with Crippen molar-refractivity contribution in [3.63, 3.8) is 0 Å². The zero-order valence-corrected chi connectivity index (χ0v) is 12.0. The number of fused-ring (bicyclic) bond motifs is 1. The number of likely N-dealkylation sites (N-methyl/N-ethyl adjacent to an activating group) is 1. The Morgan fingerprint density at radius 2 is 2.24 bits per heavy atom. The Balaban J connectivity index is 1.80. The summed E-state index contributed by atoms with van der Waals surface area (Å²) in [5.41, 5.74) is 2.85. The lowest BCUT2D eigenvalue weighted by molar-refractivity contribution is -0.133. The Morgan fingerprint density at radius 1 is 1.43 bits per heavy atom. The van der Waals surface area contributed by atoms with Crippen LogP contribution < -0.4 is 0 Å². The summed E-state index contributed by atoms with van der Waals surface area (Å²) in [6.45, 7) is 2.43. The standard InChI is InChI=1S/C15H17N5O/c1-11(15(21)19(2)9-12-7-17-18-8-12)20-10-16-13-5-3-4-6-14(13)20/h3-8,10-11H,9H2,1-2H3,(H,17,18). The lowest BCUT2D eigenvalue weighted by atomic mass is 10.2. The molecule has 21 heavy (non-hydrogen) atoms. The third kappa shape index (κ3) is 2.52. The van der Waals surface area contributed by atoms with Crippen molar-refractivity contribution in [3.8, 4) is 0 Å². The number of hydrogen-bond acceptors (Lipinski definition) is 3. The van der Waals surface area contributed by atoms with E-state index in [0.29, 0.717) is 6.54 Å². The molecule has 1 N–H and O–H groups in total. The molecule has 0 aliphatic heterocycles. The molecule has 0 aliphatic carbocycles. The molecule has 3 rings (SSSR count). The molecular weight excluding hydrogens is 266 g/mol. The summed E-state index contributed by atoms with van der Waals surface area (Å²) in [5.74, 6) is 0.0411. The van der Waals surface area contributed by atoms with Crippen molar-refractivity contribution in [2.75, 3.05) is 7.05 Å². The van der Waals surface area contributed by atoms with Gasteiger partial charge in [-0.25, -0.2) is 4.98 Å². The number of rotatable bonds is 4. The van der Waals surface area contributed by atoms with Crippen LogP contribution in [-0.4, -0.2) is 37.6 Å². The van der Waals surface area contributed by atoms with Crippen molar-refractivity contribution in [3.05, 3.63) is 48.5 Å². The highest BCUT2D eigenvalue weighted by atomic mass is 16.2. The summed E-state index contributed by atoms with van der Waals surface area (Å²) in [5, 5.41) is 6.64. The number of carbonyl (C=O) groups excluding carboxylic acids is 1. The number of aromatic amines is 1. The van der Waals surface area contributed by atoms with Gasteiger partial charge in [0.1, 0.15) is 6.04 Å². The van der Waals surface area contributed by atoms with Gasteiger partial charge in [0, 0.05) is 25.4 Å². The van der Waals surface area contributed by atoms with E-state index in [9.17, 15) is 4.79 Å². The monoisotopic (exact) mass is 283 g/mol. The Bertz CT molecular complexity index is 746. The summed E-state index contributed by atoms with van der Waals surface area (Å²) in [7, 11) is 1.80. The van der Waals surface area contributed by atoms with Gasteiger partial charge in [-0.3, -0.25) is 9.89 Å². The largest absolute Gasteiger partial charge is 0.340 e. The Kier molecular flexibility index (Phi) is 3.43. The van der Waals surface area contributed by atoms with Gasteiger partial charge >= 0.3 is 0 Å². The molecule has 0 saturated carbocycles. The topological polar surface area (TPSA) is 66.8 Å². The number of hydrogen-bond donors (Lipinski definition) is 1. The summed E-state index contributed by atoms with van der Waals surface area (Å²) in [6.07, 6.45) is 5.24. The van der Waals surface area contributed by atoms with Gasteiger partial charge in [-0.2, -0.15) is 5.10 Å². The third-order valence-electron chi connectivity index (χ3n) is 3.61. The predicted octanol–water partition coefficient (Wildman–Crippen LogP) is 1.98. The van der Waals surface area contributed by atoms with Gasteiger partial charge < -0.3 is 9.47 Å². The molecule has 1 aromatic carbocycles. The minimum absolute atomic E-state index is 0.0411. The lowest BCUT2D eigenvalue weighted by Gasteiger charge is -2.22. The Labute approximate surface area is 122 Å². The van der Waals surface area contributed by atoms with Crippen molar-refractivity contribution in [1.29, 1.82) is 0 Å². The molecule has 0 bridgehead atoms. The molecule has 0 spiro atoms. The summed E-state index contributed by atoms with van der Waals surface area (Å²) < 4.78 is 1.91. The van der Waals surface area contributed by atoms with Crippen LogP contribution in [0.25, 0.3) is 11.0 Å². The van der Waals surface area contributed by atoms with Crippen LogP contribution in [0.2, 0.25) is 0 Å². The molecule has 3 aromatic rings. The average Bonchev–Trinajstić information content (AvgIpc) is 3.14. The van der Waals surface area contributed by atoms with E-state index >= 15 is 0 Å². The molecular formula is C15H17N5O. The highest BCUT2D eigenvalue weighted by Crippen LogP contribution is 2.19. The average molecular weight is 283 g/mol. The lowest BCUT2D eigenvalue weighted by Crippen LogP contribution is -2.32. The zero-order chi connectivity index (χ0) is 14.8. The molecule has 0 fully saturated rings. The van der Waals surface area contributed by atoms with E-state index < -0.39 is 0 Å². The van der Waals surface area contributed by atoms with E-state index in [1.165, 1.54) is 0 Å². The molecule has 6 heteroatoms. The van der Waals surface area contributed by atoms with Crippen molar-refractivity contribution in [2.24, 2.45) is 0 Å². The highest BCUT2D eigenvalue weighted by Gasteiger charge is 2.20. The van der Waals surface area contributed by atoms with Gasteiger partial charge in [-0.05, 0) is 19.1 Å². The van der Waals surface area contributed by atoms with Crippen LogP contribution in [0.3, 0.4) is 0 Å². The SMILES string of the molecule is CC(C(=O)N(C)Cc1cn[nH]c1)n1cnc2ccccc21. The number of nitrogens with one attached hydrogen (secondary N) is 1. The van der Waals surface area contributed by atoms with Crippen LogP contribution in [0.15, 0.2) is 43.0 Å². The van der Waals surface area contributed by atoms with E-state index in [1.807, 2.05) is 35.8 Å². The van der Waals surface area contributed by atoms with E-state index in [-0.39, 0.29) is 11.9 Å². The number of para-hydroxylation sites is 2.